The van der Waals surface area contributed by atoms with Gasteiger partial charge in [0.15, 0.2) is 11.5 Å². The van der Waals surface area contributed by atoms with Crippen molar-refractivity contribution in [2.45, 2.75) is 13.5 Å². The zero-order valence-electron chi connectivity index (χ0n) is 12.3. The minimum Gasteiger partial charge on any atom is -0.493 e. The number of hydrogen-bond donors (Lipinski definition) is 1. The third-order valence-corrected chi connectivity index (χ3v) is 3.00. The fourth-order valence-corrected chi connectivity index (χ4v) is 2.01. The van der Waals surface area contributed by atoms with E-state index in [0.29, 0.717) is 29.4 Å². The summed E-state index contributed by atoms with van der Waals surface area (Å²) >= 11 is 0. The summed E-state index contributed by atoms with van der Waals surface area (Å²) in [4.78, 5) is 4.36. The van der Waals surface area contributed by atoms with E-state index in [2.05, 4.69) is 16.4 Å². The summed E-state index contributed by atoms with van der Waals surface area (Å²) in [5, 5.41) is 12.2. The molecular weight excluding hydrogens is 266 g/mol. The maximum Gasteiger partial charge on any atom is 0.161 e. The molecule has 1 heterocycles. The predicted molar refractivity (Wildman–Crippen MR) is 80.6 cm³/mol. The second-order valence-corrected chi connectivity index (χ2v) is 4.54. The Morgan fingerprint density at radius 3 is 2.57 bits per heavy atom. The van der Waals surface area contributed by atoms with E-state index in [-0.39, 0.29) is 0 Å². The van der Waals surface area contributed by atoms with Gasteiger partial charge < -0.3 is 14.8 Å². The molecule has 108 valence electrons. The third kappa shape index (κ3) is 3.63. The highest BCUT2D eigenvalue weighted by Crippen LogP contribution is 2.27. The van der Waals surface area contributed by atoms with Crippen molar-refractivity contribution in [2.75, 3.05) is 19.5 Å². The van der Waals surface area contributed by atoms with Gasteiger partial charge in [0.25, 0.3) is 0 Å². The Labute approximate surface area is 124 Å². The molecule has 21 heavy (non-hydrogen) atoms. The zero-order chi connectivity index (χ0) is 15.2. The van der Waals surface area contributed by atoms with E-state index in [0.717, 1.165) is 11.3 Å². The van der Waals surface area contributed by atoms with E-state index in [1.165, 1.54) is 0 Å². The van der Waals surface area contributed by atoms with Crippen molar-refractivity contribution >= 4 is 5.82 Å². The second kappa shape index (κ2) is 6.62. The van der Waals surface area contributed by atoms with E-state index in [4.69, 9.17) is 14.7 Å². The van der Waals surface area contributed by atoms with Crippen molar-refractivity contribution in [1.82, 2.24) is 4.98 Å². The van der Waals surface area contributed by atoms with Crippen molar-refractivity contribution in [3.05, 3.63) is 47.2 Å². The number of aromatic nitrogens is 1. The molecule has 0 aliphatic carbocycles. The second-order valence-electron chi connectivity index (χ2n) is 4.54. The molecule has 0 saturated heterocycles. The number of pyridine rings is 1. The largest absolute Gasteiger partial charge is 0.493 e. The number of methoxy groups -OCH3 is 2. The van der Waals surface area contributed by atoms with Crippen LogP contribution >= 0.6 is 0 Å². The molecular formula is C16H17N3O2. The van der Waals surface area contributed by atoms with Gasteiger partial charge in [-0.25, -0.2) is 4.98 Å². The number of ether oxygens (including phenoxy) is 2. The van der Waals surface area contributed by atoms with Crippen LogP contribution in [0, 0.1) is 18.3 Å². The number of nitriles is 1. The fraction of sp³-hybridized carbons (Fsp3) is 0.250. The summed E-state index contributed by atoms with van der Waals surface area (Å²) in [5.74, 6) is 2.06. The van der Waals surface area contributed by atoms with Crippen LogP contribution in [0.4, 0.5) is 5.82 Å². The molecule has 0 aliphatic heterocycles. The number of nitrogens with zero attached hydrogens (tertiary/aromatic N) is 2. The monoisotopic (exact) mass is 283 g/mol. The summed E-state index contributed by atoms with van der Waals surface area (Å²) in [6.45, 7) is 2.45. The molecule has 0 unspecified atom stereocenters. The zero-order valence-corrected chi connectivity index (χ0v) is 12.3. The van der Waals surface area contributed by atoms with E-state index >= 15 is 0 Å². The van der Waals surface area contributed by atoms with Crippen molar-refractivity contribution in [1.29, 1.82) is 5.26 Å². The first kappa shape index (κ1) is 14.7. The molecule has 2 rings (SSSR count). The van der Waals surface area contributed by atoms with Gasteiger partial charge in [-0.2, -0.15) is 5.26 Å². The first-order chi connectivity index (χ1) is 10.2. The quantitative estimate of drug-likeness (QED) is 0.913. The molecule has 0 saturated carbocycles. The van der Waals surface area contributed by atoms with Crippen LogP contribution in [0.5, 0.6) is 11.5 Å². The summed E-state index contributed by atoms with van der Waals surface area (Å²) in [5.41, 5.74) is 2.44. The molecule has 1 aromatic carbocycles. The van der Waals surface area contributed by atoms with E-state index < -0.39 is 0 Å². The highest BCUT2D eigenvalue weighted by molar-refractivity contribution is 5.47. The molecule has 1 aromatic heterocycles. The van der Waals surface area contributed by atoms with Crippen LogP contribution in [-0.4, -0.2) is 19.2 Å². The van der Waals surface area contributed by atoms with E-state index in [1.54, 1.807) is 26.4 Å². The number of hydrogen-bond acceptors (Lipinski definition) is 5. The predicted octanol–water partition coefficient (Wildman–Crippen LogP) is 2.89. The fourth-order valence-electron chi connectivity index (χ4n) is 2.01. The van der Waals surface area contributed by atoms with Crippen molar-refractivity contribution in [3.8, 4) is 17.6 Å². The van der Waals surface area contributed by atoms with Gasteiger partial charge in [0, 0.05) is 12.2 Å². The van der Waals surface area contributed by atoms with Crippen LogP contribution in [-0.2, 0) is 6.54 Å². The van der Waals surface area contributed by atoms with Crippen LogP contribution < -0.4 is 14.8 Å². The molecule has 1 N–H and O–H groups in total. The highest BCUT2D eigenvalue weighted by atomic mass is 16.5. The molecule has 0 bridgehead atoms. The van der Waals surface area contributed by atoms with E-state index in [9.17, 15) is 0 Å². The standard InChI is InChI=1S/C16H17N3O2/c1-11-6-13(9-17)8-16(19-11)18-10-12-4-5-14(20-2)15(7-12)21-3/h4-8H,10H2,1-3H3,(H,18,19). The third-order valence-electron chi connectivity index (χ3n) is 3.00. The minimum absolute atomic E-state index is 0.585. The smallest absolute Gasteiger partial charge is 0.161 e. The minimum atomic E-state index is 0.585. The van der Waals surface area contributed by atoms with Gasteiger partial charge in [0.2, 0.25) is 0 Å². The summed E-state index contributed by atoms with van der Waals surface area (Å²) in [6, 6.07) is 11.3. The summed E-state index contributed by atoms with van der Waals surface area (Å²) in [6.07, 6.45) is 0. The lowest BCUT2D eigenvalue weighted by molar-refractivity contribution is 0.354. The number of nitrogens with one attached hydrogen (secondary N) is 1. The molecule has 0 radical (unpaired) electrons. The van der Waals surface area contributed by atoms with Crippen molar-refractivity contribution < 1.29 is 9.47 Å². The van der Waals surface area contributed by atoms with Gasteiger partial charge in [0.1, 0.15) is 5.82 Å². The topological polar surface area (TPSA) is 67.2 Å². The van der Waals surface area contributed by atoms with Crippen LogP contribution in [0.1, 0.15) is 16.8 Å². The molecule has 0 aliphatic rings. The molecule has 0 fully saturated rings. The number of rotatable bonds is 5. The Kier molecular flexibility index (Phi) is 4.62. The molecule has 5 nitrogen and oxygen atoms in total. The first-order valence-corrected chi connectivity index (χ1v) is 6.50. The van der Waals surface area contributed by atoms with Gasteiger partial charge in [-0.3, -0.25) is 0 Å². The Morgan fingerprint density at radius 2 is 1.90 bits per heavy atom. The molecule has 0 atom stereocenters. The maximum absolute atomic E-state index is 8.96. The Balaban J connectivity index is 2.13. The molecule has 5 heteroatoms. The summed E-state index contributed by atoms with van der Waals surface area (Å²) < 4.78 is 10.5. The van der Waals surface area contributed by atoms with Crippen LogP contribution in [0.2, 0.25) is 0 Å². The van der Waals surface area contributed by atoms with Crippen molar-refractivity contribution in [3.63, 3.8) is 0 Å². The van der Waals surface area contributed by atoms with Gasteiger partial charge in [-0.15, -0.1) is 0 Å². The SMILES string of the molecule is COc1ccc(CNc2cc(C#N)cc(C)n2)cc1OC. The van der Waals surface area contributed by atoms with Crippen LogP contribution in [0.3, 0.4) is 0 Å². The molecule has 0 spiro atoms. The lowest BCUT2D eigenvalue weighted by atomic mass is 10.2. The van der Waals surface area contributed by atoms with Crippen LogP contribution in [0.15, 0.2) is 30.3 Å². The number of benzene rings is 1. The Bertz CT molecular complexity index is 678. The van der Waals surface area contributed by atoms with Gasteiger partial charge in [-0.1, -0.05) is 6.07 Å². The molecule has 2 aromatic rings. The number of anilines is 1. The average Bonchev–Trinajstić information content (AvgIpc) is 2.52. The lowest BCUT2D eigenvalue weighted by Crippen LogP contribution is -2.03. The van der Waals surface area contributed by atoms with Gasteiger partial charge in [0.05, 0.1) is 25.9 Å². The normalized spacial score (nSPS) is 9.81. The highest BCUT2D eigenvalue weighted by Gasteiger charge is 2.05. The average molecular weight is 283 g/mol. The van der Waals surface area contributed by atoms with Gasteiger partial charge >= 0.3 is 0 Å². The summed E-state index contributed by atoms with van der Waals surface area (Å²) in [7, 11) is 3.21. The van der Waals surface area contributed by atoms with Crippen LogP contribution in [0.25, 0.3) is 0 Å². The number of aryl methyl sites for hydroxylation is 1. The molecule has 0 amide bonds. The lowest BCUT2D eigenvalue weighted by Gasteiger charge is -2.11. The van der Waals surface area contributed by atoms with Gasteiger partial charge in [-0.05, 0) is 36.8 Å². The van der Waals surface area contributed by atoms with Crippen molar-refractivity contribution in [2.24, 2.45) is 0 Å². The maximum atomic E-state index is 8.96. The first-order valence-electron chi connectivity index (χ1n) is 6.50. The Hall–Kier alpha value is -2.74. The Morgan fingerprint density at radius 1 is 1.14 bits per heavy atom. The van der Waals surface area contributed by atoms with E-state index in [1.807, 2.05) is 25.1 Å².